The van der Waals surface area contributed by atoms with E-state index in [9.17, 15) is 9.90 Å². The maximum absolute atomic E-state index is 13.3. The summed E-state index contributed by atoms with van der Waals surface area (Å²) in [7, 11) is 1.70. The van der Waals surface area contributed by atoms with Gasteiger partial charge in [-0.25, -0.2) is 9.99 Å². The van der Waals surface area contributed by atoms with E-state index in [4.69, 9.17) is 23.2 Å². The van der Waals surface area contributed by atoms with Gasteiger partial charge in [0.05, 0.1) is 24.4 Å². The van der Waals surface area contributed by atoms with Crippen LogP contribution in [0.1, 0.15) is 35.4 Å². The average Bonchev–Trinajstić information content (AvgIpc) is 3.48. The Morgan fingerprint density at radius 1 is 1.08 bits per heavy atom. The van der Waals surface area contributed by atoms with Gasteiger partial charge in [-0.05, 0) is 60.5 Å². The lowest BCUT2D eigenvalue weighted by atomic mass is 10.1. The summed E-state index contributed by atoms with van der Waals surface area (Å²) in [6.07, 6.45) is 3.17. The van der Waals surface area contributed by atoms with Crippen LogP contribution in [-0.2, 0) is 13.7 Å². The number of aliphatic hydroxyl groups is 1. The number of rotatable bonds is 6. The van der Waals surface area contributed by atoms with Crippen molar-refractivity contribution in [3.63, 3.8) is 0 Å². The molecule has 2 aromatic heterocycles. The summed E-state index contributed by atoms with van der Waals surface area (Å²) >= 11 is 12.7. The smallest absolute Gasteiger partial charge is 0.286 e. The first-order valence-electron chi connectivity index (χ1n) is 11.5. The van der Waals surface area contributed by atoms with Gasteiger partial charge in [0.25, 0.3) is 5.91 Å². The summed E-state index contributed by atoms with van der Waals surface area (Å²) in [5.74, 6) is 0.515. The molecule has 0 atom stereocenters. The highest BCUT2D eigenvalue weighted by Gasteiger charge is 2.26. The molecule has 12 heteroatoms. The molecule has 1 fully saturated rings. The van der Waals surface area contributed by atoms with E-state index in [1.165, 1.54) is 4.80 Å². The van der Waals surface area contributed by atoms with Gasteiger partial charge in [-0.3, -0.25) is 14.8 Å². The Kier molecular flexibility index (Phi) is 7.01. The number of aromatic nitrogens is 6. The molecule has 186 valence electrons. The number of carbonyl (C=O) groups is 1. The molecule has 0 unspecified atom stereocenters. The van der Waals surface area contributed by atoms with Crippen LogP contribution in [0.4, 0.5) is 0 Å². The summed E-state index contributed by atoms with van der Waals surface area (Å²) < 4.78 is 1.73. The van der Waals surface area contributed by atoms with Crippen molar-refractivity contribution >= 4 is 29.1 Å². The SMILES string of the molecule is Cn1nnc(-c2ccc(-n3c(-c4ccc(Cl)cc4Cl)nc(C(=O)NN4CCCCC4)c3CO)cc2)n1. The van der Waals surface area contributed by atoms with Gasteiger partial charge >= 0.3 is 0 Å². The van der Waals surface area contributed by atoms with Crippen LogP contribution in [0, 0.1) is 0 Å². The molecule has 1 aliphatic rings. The molecule has 4 aromatic rings. The number of aryl methyl sites for hydroxylation is 1. The topological polar surface area (TPSA) is 114 Å². The molecule has 2 N–H and O–H groups in total. The third-order valence-electron chi connectivity index (χ3n) is 6.02. The first-order chi connectivity index (χ1) is 17.4. The van der Waals surface area contributed by atoms with Gasteiger partial charge in [0.1, 0.15) is 5.82 Å². The lowest BCUT2D eigenvalue weighted by molar-refractivity contribution is 0.0742. The highest BCUT2D eigenvalue weighted by atomic mass is 35.5. The van der Waals surface area contributed by atoms with E-state index >= 15 is 0 Å². The van der Waals surface area contributed by atoms with Gasteiger partial charge < -0.3 is 5.11 Å². The highest BCUT2D eigenvalue weighted by molar-refractivity contribution is 6.36. The number of nitrogens with one attached hydrogen (secondary N) is 1. The molecule has 0 bridgehead atoms. The number of aliphatic hydroxyl groups excluding tert-OH is 1. The zero-order chi connectivity index (χ0) is 25.2. The number of amides is 1. The predicted molar refractivity (Wildman–Crippen MR) is 136 cm³/mol. The van der Waals surface area contributed by atoms with Crippen LogP contribution in [0.2, 0.25) is 10.0 Å². The minimum Gasteiger partial charge on any atom is -0.390 e. The normalized spacial score (nSPS) is 14.2. The fourth-order valence-electron chi connectivity index (χ4n) is 4.27. The van der Waals surface area contributed by atoms with E-state index < -0.39 is 6.61 Å². The number of tetrazole rings is 1. The van der Waals surface area contributed by atoms with Crippen molar-refractivity contribution in [1.82, 2.24) is 40.2 Å². The highest BCUT2D eigenvalue weighted by Crippen LogP contribution is 2.34. The molecule has 3 heterocycles. The first-order valence-corrected chi connectivity index (χ1v) is 12.3. The molecule has 1 aliphatic heterocycles. The molecule has 2 aromatic carbocycles. The van der Waals surface area contributed by atoms with E-state index in [1.54, 1.807) is 29.8 Å². The maximum atomic E-state index is 13.3. The van der Waals surface area contributed by atoms with Crippen LogP contribution in [0.3, 0.4) is 0 Å². The lowest BCUT2D eigenvalue weighted by Crippen LogP contribution is -2.45. The van der Waals surface area contributed by atoms with Crippen molar-refractivity contribution in [2.75, 3.05) is 13.1 Å². The van der Waals surface area contributed by atoms with E-state index in [-0.39, 0.29) is 11.6 Å². The van der Waals surface area contributed by atoms with Crippen molar-refractivity contribution in [2.45, 2.75) is 25.9 Å². The number of hydrazine groups is 1. The van der Waals surface area contributed by atoms with E-state index in [0.29, 0.717) is 38.6 Å². The molecular weight excluding hydrogens is 503 g/mol. The number of benzene rings is 2. The second-order valence-electron chi connectivity index (χ2n) is 8.49. The van der Waals surface area contributed by atoms with Gasteiger partial charge in [0.15, 0.2) is 5.69 Å². The number of carbonyl (C=O) groups excluding carboxylic acids is 1. The average molecular weight is 527 g/mol. The summed E-state index contributed by atoms with van der Waals surface area (Å²) in [4.78, 5) is 19.3. The maximum Gasteiger partial charge on any atom is 0.286 e. The lowest BCUT2D eigenvalue weighted by Gasteiger charge is -2.26. The number of nitrogens with zero attached hydrogens (tertiary/aromatic N) is 7. The summed E-state index contributed by atoms with van der Waals surface area (Å²) in [5.41, 5.74) is 5.43. The van der Waals surface area contributed by atoms with E-state index in [1.807, 2.05) is 29.3 Å². The zero-order valence-electron chi connectivity index (χ0n) is 19.5. The molecule has 1 saturated heterocycles. The zero-order valence-corrected chi connectivity index (χ0v) is 21.0. The van der Waals surface area contributed by atoms with Crippen LogP contribution in [0.5, 0.6) is 0 Å². The summed E-state index contributed by atoms with van der Waals surface area (Å²) in [5, 5.41) is 25.3. The molecule has 0 saturated carbocycles. The minimum atomic E-state index is -0.408. The number of halogens is 2. The minimum absolute atomic E-state index is 0.128. The molecule has 10 nitrogen and oxygen atoms in total. The fourth-order valence-corrected chi connectivity index (χ4v) is 4.77. The number of hydrogen-bond donors (Lipinski definition) is 2. The molecular formula is C24H24Cl2N8O2. The van der Waals surface area contributed by atoms with E-state index in [2.05, 4.69) is 25.8 Å². The van der Waals surface area contributed by atoms with Crippen molar-refractivity contribution in [2.24, 2.45) is 7.05 Å². The monoisotopic (exact) mass is 526 g/mol. The molecule has 1 amide bonds. The third-order valence-corrected chi connectivity index (χ3v) is 6.57. The van der Waals surface area contributed by atoms with Gasteiger partial charge in [-0.2, -0.15) is 4.80 Å². The standard InChI is InChI=1S/C24H24Cl2N8O2/c1-32-29-22(28-31-32)15-5-8-17(9-6-15)34-20(14-35)21(24(36)30-33-11-3-2-4-12-33)27-23(34)18-10-7-16(25)13-19(18)26/h5-10,13,35H,2-4,11-12,14H2,1H3,(H,30,36). The third kappa shape index (κ3) is 4.85. The molecule has 0 spiro atoms. The Hall–Kier alpha value is -3.31. The van der Waals surface area contributed by atoms with Crippen molar-refractivity contribution < 1.29 is 9.90 Å². The molecule has 0 aliphatic carbocycles. The largest absolute Gasteiger partial charge is 0.390 e. The second-order valence-corrected chi connectivity index (χ2v) is 9.33. The summed E-state index contributed by atoms with van der Waals surface area (Å²) in [6, 6.07) is 12.4. The van der Waals surface area contributed by atoms with Gasteiger partial charge in [-0.15, -0.1) is 10.2 Å². The van der Waals surface area contributed by atoms with Crippen molar-refractivity contribution in [3.05, 3.63) is 63.9 Å². The quantitative estimate of drug-likeness (QED) is 0.394. The Morgan fingerprint density at radius 2 is 1.83 bits per heavy atom. The molecule has 36 heavy (non-hydrogen) atoms. The van der Waals surface area contributed by atoms with Gasteiger partial charge in [0.2, 0.25) is 5.82 Å². The van der Waals surface area contributed by atoms with Crippen LogP contribution >= 0.6 is 23.2 Å². The fraction of sp³-hybridized carbons (Fsp3) is 0.292. The molecule has 0 radical (unpaired) electrons. The molecule has 5 rings (SSSR count). The number of piperidine rings is 1. The Morgan fingerprint density at radius 3 is 2.47 bits per heavy atom. The van der Waals surface area contributed by atoms with Crippen LogP contribution in [0.15, 0.2) is 42.5 Å². The van der Waals surface area contributed by atoms with Crippen molar-refractivity contribution in [1.29, 1.82) is 0 Å². The van der Waals surface area contributed by atoms with Gasteiger partial charge in [0, 0.05) is 34.9 Å². The Balaban J connectivity index is 1.60. The Bertz CT molecular complexity index is 1390. The number of hydrogen-bond acceptors (Lipinski definition) is 7. The Labute approximate surface area is 217 Å². The number of imidazole rings is 1. The van der Waals surface area contributed by atoms with Crippen LogP contribution < -0.4 is 5.43 Å². The second kappa shape index (κ2) is 10.4. The predicted octanol–water partition coefficient (Wildman–Crippen LogP) is 3.66. The summed E-state index contributed by atoms with van der Waals surface area (Å²) in [6.45, 7) is 1.14. The van der Waals surface area contributed by atoms with Gasteiger partial charge in [-0.1, -0.05) is 29.6 Å². The first kappa shape index (κ1) is 24.4. The van der Waals surface area contributed by atoms with E-state index in [0.717, 1.165) is 37.9 Å². The van der Waals surface area contributed by atoms with Crippen molar-refractivity contribution in [3.8, 4) is 28.5 Å². The van der Waals surface area contributed by atoms with Crippen LogP contribution in [-0.4, -0.2) is 58.9 Å². The van der Waals surface area contributed by atoms with Crippen LogP contribution in [0.25, 0.3) is 28.5 Å².